The second-order valence-corrected chi connectivity index (χ2v) is 7.13. The Morgan fingerprint density at radius 3 is 2.42 bits per heavy atom. The van der Waals surface area contributed by atoms with E-state index < -0.39 is 11.7 Å². The number of carbonyl (C=O) groups is 2. The van der Waals surface area contributed by atoms with Gasteiger partial charge in [-0.15, -0.1) is 0 Å². The van der Waals surface area contributed by atoms with E-state index >= 15 is 0 Å². The molecule has 0 aliphatic heterocycles. The summed E-state index contributed by atoms with van der Waals surface area (Å²) in [5.74, 6) is -0.0332. The Morgan fingerprint density at radius 2 is 1.73 bits per heavy atom. The summed E-state index contributed by atoms with van der Waals surface area (Å²) in [6, 6.07) is 14.9. The third-order valence-corrected chi connectivity index (χ3v) is 3.89. The fourth-order valence-electron chi connectivity index (χ4n) is 2.68. The van der Waals surface area contributed by atoms with Gasteiger partial charge in [0.2, 0.25) is 0 Å². The molecule has 26 heavy (non-hydrogen) atoms. The Kier molecular flexibility index (Phi) is 4.80. The van der Waals surface area contributed by atoms with Crippen molar-refractivity contribution in [1.82, 2.24) is 10.3 Å². The summed E-state index contributed by atoms with van der Waals surface area (Å²) in [6.07, 6.45) is 1.28. The van der Waals surface area contributed by atoms with Gasteiger partial charge in [0.05, 0.1) is 0 Å². The SMILES string of the molecule is CC(C)(C)OC(=O)NCc1ccc(C(=O)c2c[nH]c3ccccc23)cc1. The average Bonchev–Trinajstić information content (AvgIpc) is 3.02. The number of benzene rings is 2. The monoisotopic (exact) mass is 350 g/mol. The number of hydrogen-bond donors (Lipinski definition) is 2. The van der Waals surface area contributed by atoms with Crippen LogP contribution in [0.3, 0.4) is 0 Å². The van der Waals surface area contributed by atoms with Crippen LogP contribution in [0.2, 0.25) is 0 Å². The number of amides is 1. The quantitative estimate of drug-likeness (QED) is 0.684. The first-order chi connectivity index (χ1) is 12.3. The van der Waals surface area contributed by atoms with Gasteiger partial charge in [-0.05, 0) is 32.4 Å². The van der Waals surface area contributed by atoms with E-state index in [2.05, 4.69) is 10.3 Å². The molecule has 0 bridgehead atoms. The molecule has 3 aromatic rings. The highest BCUT2D eigenvalue weighted by atomic mass is 16.6. The highest BCUT2D eigenvalue weighted by Crippen LogP contribution is 2.21. The Morgan fingerprint density at radius 1 is 1.04 bits per heavy atom. The number of ketones is 1. The maximum atomic E-state index is 12.7. The van der Waals surface area contributed by atoms with Crippen LogP contribution in [0.5, 0.6) is 0 Å². The van der Waals surface area contributed by atoms with Crippen LogP contribution in [0, 0.1) is 0 Å². The van der Waals surface area contributed by atoms with E-state index in [1.807, 2.05) is 57.2 Å². The zero-order chi connectivity index (χ0) is 18.7. The van der Waals surface area contributed by atoms with Crippen LogP contribution in [-0.4, -0.2) is 22.5 Å². The van der Waals surface area contributed by atoms with Gasteiger partial charge in [-0.1, -0.05) is 42.5 Å². The molecule has 2 aromatic carbocycles. The molecule has 1 heterocycles. The maximum Gasteiger partial charge on any atom is 0.407 e. The van der Waals surface area contributed by atoms with Crippen molar-refractivity contribution < 1.29 is 14.3 Å². The van der Waals surface area contributed by atoms with E-state index in [1.54, 1.807) is 18.3 Å². The normalized spacial score (nSPS) is 11.3. The van der Waals surface area contributed by atoms with Crippen molar-refractivity contribution in [2.24, 2.45) is 0 Å². The molecule has 0 aliphatic carbocycles. The van der Waals surface area contributed by atoms with Crippen molar-refractivity contribution in [3.05, 3.63) is 71.4 Å². The average molecular weight is 350 g/mol. The number of rotatable bonds is 4. The fraction of sp³-hybridized carbons (Fsp3) is 0.238. The third-order valence-electron chi connectivity index (χ3n) is 3.89. The van der Waals surface area contributed by atoms with Gasteiger partial charge >= 0.3 is 6.09 Å². The number of hydrogen-bond acceptors (Lipinski definition) is 3. The molecule has 0 fully saturated rings. The highest BCUT2D eigenvalue weighted by Gasteiger charge is 2.16. The first-order valence-corrected chi connectivity index (χ1v) is 8.50. The molecular weight excluding hydrogens is 328 g/mol. The van der Waals surface area contributed by atoms with Gasteiger partial charge in [-0.25, -0.2) is 4.79 Å². The number of para-hydroxylation sites is 1. The largest absolute Gasteiger partial charge is 0.444 e. The number of H-pyrrole nitrogens is 1. The van der Waals surface area contributed by atoms with Crippen LogP contribution in [-0.2, 0) is 11.3 Å². The van der Waals surface area contributed by atoms with E-state index in [0.717, 1.165) is 16.5 Å². The maximum absolute atomic E-state index is 12.7. The zero-order valence-corrected chi connectivity index (χ0v) is 15.1. The van der Waals surface area contributed by atoms with E-state index in [9.17, 15) is 9.59 Å². The lowest BCUT2D eigenvalue weighted by atomic mass is 10.0. The standard InChI is InChI=1S/C21H22N2O3/c1-21(2,3)26-20(25)23-12-14-8-10-15(11-9-14)19(24)17-13-22-18-7-5-4-6-16(17)18/h4-11,13,22H,12H2,1-3H3,(H,23,25). The number of fused-ring (bicyclic) bond motifs is 1. The second kappa shape index (κ2) is 7.04. The van der Waals surface area contributed by atoms with Crippen molar-refractivity contribution in [2.75, 3.05) is 0 Å². The Hall–Kier alpha value is -3.08. The first kappa shape index (κ1) is 17.7. The zero-order valence-electron chi connectivity index (χ0n) is 15.1. The predicted molar refractivity (Wildman–Crippen MR) is 101 cm³/mol. The van der Waals surface area contributed by atoms with Gasteiger partial charge in [0.15, 0.2) is 5.78 Å². The van der Waals surface area contributed by atoms with Crippen molar-refractivity contribution in [3.63, 3.8) is 0 Å². The molecule has 5 heteroatoms. The van der Waals surface area contributed by atoms with E-state index in [4.69, 9.17) is 4.74 Å². The van der Waals surface area contributed by atoms with Gasteiger partial charge in [-0.3, -0.25) is 4.79 Å². The molecule has 0 spiro atoms. The first-order valence-electron chi connectivity index (χ1n) is 8.50. The van der Waals surface area contributed by atoms with Crippen LogP contribution >= 0.6 is 0 Å². The molecule has 0 saturated heterocycles. The van der Waals surface area contributed by atoms with Gasteiger partial charge in [0.1, 0.15) is 5.60 Å². The minimum absolute atomic E-state index is 0.0332. The van der Waals surface area contributed by atoms with Crippen molar-refractivity contribution >= 4 is 22.8 Å². The molecule has 5 nitrogen and oxygen atoms in total. The van der Waals surface area contributed by atoms with Crippen LogP contribution < -0.4 is 5.32 Å². The Labute approximate surface area is 152 Å². The number of aromatic nitrogens is 1. The Balaban J connectivity index is 1.68. The van der Waals surface area contributed by atoms with E-state index in [0.29, 0.717) is 17.7 Å². The summed E-state index contributed by atoms with van der Waals surface area (Å²) in [6.45, 7) is 5.80. The van der Waals surface area contributed by atoms with Crippen molar-refractivity contribution in [3.8, 4) is 0 Å². The lowest BCUT2D eigenvalue weighted by Gasteiger charge is -2.19. The summed E-state index contributed by atoms with van der Waals surface area (Å²) in [7, 11) is 0. The molecule has 2 N–H and O–H groups in total. The minimum Gasteiger partial charge on any atom is -0.444 e. The summed E-state index contributed by atoms with van der Waals surface area (Å²) < 4.78 is 5.20. The molecular formula is C21H22N2O3. The van der Waals surface area contributed by atoms with Crippen LogP contribution in [0.4, 0.5) is 4.79 Å². The molecule has 0 unspecified atom stereocenters. The van der Waals surface area contributed by atoms with Gasteiger partial charge in [-0.2, -0.15) is 0 Å². The lowest BCUT2D eigenvalue weighted by Crippen LogP contribution is -2.32. The molecule has 1 aromatic heterocycles. The van der Waals surface area contributed by atoms with Crippen molar-refractivity contribution in [2.45, 2.75) is 32.9 Å². The van der Waals surface area contributed by atoms with Gasteiger partial charge < -0.3 is 15.0 Å². The lowest BCUT2D eigenvalue weighted by molar-refractivity contribution is 0.0523. The van der Waals surface area contributed by atoms with Gasteiger partial charge in [0.25, 0.3) is 0 Å². The molecule has 3 rings (SSSR count). The molecule has 0 atom stereocenters. The second-order valence-electron chi connectivity index (χ2n) is 7.13. The van der Waals surface area contributed by atoms with Crippen LogP contribution in [0.1, 0.15) is 42.3 Å². The molecule has 0 saturated carbocycles. The molecule has 0 radical (unpaired) electrons. The predicted octanol–water partition coefficient (Wildman–Crippen LogP) is 4.42. The number of alkyl carbamates (subject to hydrolysis) is 1. The number of carbonyl (C=O) groups excluding carboxylic acids is 2. The topological polar surface area (TPSA) is 71.2 Å². The van der Waals surface area contributed by atoms with Gasteiger partial charge in [0, 0.05) is 34.8 Å². The highest BCUT2D eigenvalue weighted by molar-refractivity contribution is 6.16. The van der Waals surface area contributed by atoms with E-state index in [1.165, 1.54) is 0 Å². The summed E-state index contributed by atoms with van der Waals surface area (Å²) in [5.41, 5.74) is 2.57. The molecule has 0 aliphatic rings. The number of aromatic amines is 1. The smallest absolute Gasteiger partial charge is 0.407 e. The van der Waals surface area contributed by atoms with Crippen LogP contribution in [0.25, 0.3) is 10.9 Å². The number of ether oxygens (including phenoxy) is 1. The van der Waals surface area contributed by atoms with E-state index in [-0.39, 0.29) is 5.78 Å². The fourth-order valence-corrected chi connectivity index (χ4v) is 2.68. The van der Waals surface area contributed by atoms with Crippen molar-refractivity contribution in [1.29, 1.82) is 0 Å². The van der Waals surface area contributed by atoms with Crippen LogP contribution in [0.15, 0.2) is 54.7 Å². The minimum atomic E-state index is -0.528. The summed E-state index contributed by atoms with van der Waals surface area (Å²) in [4.78, 5) is 27.6. The summed E-state index contributed by atoms with van der Waals surface area (Å²) in [5, 5.41) is 3.62. The molecule has 134 valence electrons. The number of nitrogens with one attached hydrogen (secondary N) is 2. The summed E-state index contributed by atoms with van der Waals surface area (Å²) >= 11 is 0. The third kappa shape index (κ3) is 4.11. The Bertz CT molecular complexity index is 934. The molecule has 1 amide bonds.